The molecule has 1 heterocycles. The van der Waals surface area contributed by atoms with Gasteiger partial charge in [-0.05, 0) is 18.6 Å². The van der Waals surface area contributed by atoms with Gasteiger partial charge in [-0.1, -0.05) is 0 Å². The number of halogens is 6. The number of hydrogen-bond donors (Lipinski definition) is 3. The summed E-state index contributed by atoms with van der Waals surface area (Å²) in [6.07, 6.45) is -3.81. The number of guanidine groups is 1. The highest BCUT2D eigenvalue weighted by atomic mass is 19.4. The van der Waals surface area contributed by atoms with Crippen molar-refractivity contribution in [2.45, 2.75) is 18.6 Å². The second-order valence-corrected chi connectivity index (χ2v) is 6.18. The van der Waals surface area contributed by atoms with E-state index >= 15 is 0 Å². The Labute approximate surface area is 157 Å². The summed E-state index contributed by atoms with van der Waals surface area (Å²) in [5.41, 5.74) is -0.521. The summed E-state index contributed by atoms with van der Waals surface area (Å²) < 4.78 is 76.8. The van der Waals surface area contributed by atoms with Gasteiger partial charge in [0.15, 0.2) is 23.4 Å². The molecular weight excluding hydrogens is 392 g/mol. The maximum Gasteiger partial charge on any atom is 0.401 e. The van der Waals surface area contributed by atoms with E-state index in [2.05, 4.69) is 20.9 Å². The topological polar surface area (TPSA) is 68.8 Å². The molecule has 1 aliphatic rings. The van der Waals surface area contributed by atoms with Crippen molar-refractivity contribution in [3.8, 4) is 0 Å². The Kier molecular flexibility index (Phi) is 7.11. The molecule has 0 aliphatic carbocycles. The van der Waals surface area contributed by atoms with Crippen LogP contribution >= 0.6 is 0 Å². The SMILES string of the molecule is CN=C(NCC(=O)Nc1ccc(F)c(F)c1F)NC1CCN(CC(F)(F)F)C1. The number of nitrogens with zero attached hydrogens (tertiary/aromatic N) is 2. The molecule has 28 heavy (non-hydrogen) atoms. The third-order valence-corrected chi connectivity index (χ3v) is 3.97. The minimum absolute atomic E-state index is 0.159. The van der Waals surface area contributed by atoms with Crippen LogP contribution in [0.5, 0.6) is 0 Å². The molecular formula is C16H19F6N5O. The molecule has 2 rings (SSSR count). The number of anilines is 1. The van der Waals surface area contributed by atoms with Crippen molar-refractivity contribution in [3.63, 3.8) is 0 Å². The van der Waals surface area contributed by atoms with E-state index in [0.29, 0.717) is 12.5 Å². The van der Waals surface area contributed by atoms with Crippen LogP contribution in [0.2, 0.25) is 0 Å². The Hall–Kier alpha value is -2.50. The van der Waals surface area contributed by atoms with Crippen LogP contribution < -0.4 is 16.0 Å². The number of rotatable bonds is 5. The van der Waals surface area contributed by atoms with E-state index in [-0.39, 0.29) is 31.6 Å². The molecule has 1 aliphatic heterocycles. The van der Waals surface area contributed by atoms with E-state index in [1.807, 2.05) is 0 Å². The lowest BCUT2D eigenvalue weighted by Gasteiger charge is -2.19. The normalized spacial score (nSPS) is 18.2. The first-order valence-electron chi connectivity index (χ1n) is 8.28. The number of aliphatic imine (C=N–C) groups is 1. The summed E-state index contributed by atoms with van der Waals surface area (Å²) in [6.45, 7) is -0.951. The van der Waals surface area contributed by atoms with Crippen LogP contribution in [0.25, 0.3) is 0 Å². The van der Waals surface area contributed by atoms with E-state index in [4.69, 9.17) is 0 Å². The van der Waals surface area contributed by atoms with Gasteiger partial charge >= 0.3 is 6.18 Å². The predicted octanol–water partition coefficient (Wildman–Crippen LogP) is 1.84. The zero-order chi connectivity index (χ0) is 20.9. The fourth-order valence-corrected chi connectivity index (χ4v) is 2.72. The third-order valence-electron chi connectivity index (χ3n) is 3.97. The fraction of sp³-hybridized carbons (Fsp3) is 0.500. The Morgan fingerprint density at radius 3 is 2.61 bits per heavy atom. The van der Waals surface area contributed by atoms with Crippen LogP contribution in [-0.2, 0) is 4.79 Å². The molecule has 6 nitrogen and oxygen atoms in total. The molecule has 1 atom stereocenters. The van der Waals surface area contributed by atoms with E-state index in [0.717, 1.165) is 6.07 Å². The van der Waals surface area contributed by atoms with Crippen LogP contribution in [0, 0.1) is 17.5 Å². The number of benzene rings is 1. The molecule has 1 fully saturated rings. The van der Waals surface area contributed by atoms with E-state index in [1.54, 1.807) is 0 Å². The molecule has 1 unspecified atom stereocenters. The molecule has 0 spiro atoms. The lowest BCUT2D eigenvalue weighted by atomic mass is 10.2. The van der Waals surface area contributed by atoms with Crippen molar-refractivity contribution < 1.29 is 31.1 Å². The zero-order valence-corrected chi connectivity index (χ0v) is 14.8. The van der Waals surface area contributed by atoms with Crippen molar-refractivity contribution >= 4 is 17.6 Å². The molecule has 1 aromatic carbocycles. The summed E-state index contributed by atoms with van der Waals surface area (Å²) in [6, 6.07) is 1.27. The number of hydrogen-bond acceptors (Lipinski definition) is 3. The minimum Gasteiger partial charge on any atom is -0.352 e. The smallest absolute Gasteiger partial charge is 0.352 e. The highest BCUT2D eigenvalue weighted by molar-refractivity contribution is 5.95. The predicted molar refractivity (Wildman–Crippen MR) is 90.3 cm³/mol. The maximum absolute atomic E-state index is 13.5. The Bertz CT molecular complexity index is 739. The number of carbonyl (C=O) groups excluding carboxylic acids is 1. The maximum atomic E-state index is 13.5. The number of nitrogens with one attached hydrogen (secondary N) is 3. The van der Waals surface area contributed by atoms with Gasteiger partial charge in [0.05, 0.1) is 18.8 Å². The second-order valence-electron chi connectivity index (χ2n) is 6.18. The van der Waals surface area contributed by atoms with E-state index in [9.17, 15) is 31.1 Å². The first-order chi connectivity index (χ1) is 13.1. The van der Waals surface area contributed by atoms with E-state index < -0.39 is 41.8 Å². The summed E-state index contributed by atoms with van der Waals surface area (Å²) in [5.74, 6) is -5.19. The van der Waals surface area contributed by atoms with Crippen LogP contribution in [0.15, 0.2) is 17.1 Å². The molecule has 3 N–H and O–H groups in total. The van der Waals surface area contributed by atoms with Gasteiger partial charge in [0.1, 0.15) is 0 Å². The van der Waals surface area contributed by atoms with Crippen molar-refractivity contribution in [3.05, 3.63) is 29.6 Å². The number of likely N-dealkylation sites (tertiary alicyclic amines) is 1. The highest BCUT2D eigenvalue weighted by Crippen LogP contribution is 2.20. The first kappa shape index (κ1) is 21.8. The lowest BCUT2D eigenvalue weighted by Crippen LogP contribution is -2.47. The number of alkyl halides is 3. The average Bonchev–Trinajstić information content (AvgIpc) is 3.04. The number of amides is 1. The molecule has 12 heteroatoms. The van der Waals surface area contributed by atoms with Gasteiger partial charge < -0.3 is 16.0 Å². The lowest BCUT2D eigenvalue weighted by molar-refractivity contribution is -0.143. The monoisotopic (exact) mass is 411 g/mol. The second kappa shape index (κ2) is 9.13. The van der Waals surface area contributed by atoms with Crippen molar-refractivity contribution in [2.24, 2.45) is 4.99 Å². The molecule has 0 aromatic heterocycles. The quantitative estimate of drug-likeness (QED) is 0.299. The summed E-state index contributed by atoms with van der Waals surface area (Å²) in [5, 5.41) is 7.60. The Balaban J connectivity index is 1.81. The first-order valence-corrected chi connectivity index (χ1v) is 8.28. The van der Waals surface area contributed by atoms with Crippen LogP contribution in [-0.4, -0.2) is 62.2 Å². The number of carbonyl (C=O) groups is 1. The van der Waals surface area contributed by atoms with Gasteiger partial charge in [-0.3, -0.25) is 14.7 Å². The summed E-state index contributed by atoms with van der Waals surface area (Å²) in [7, 11) is 1.41. The molecule has 0 bridgehead atoms. The molecule has 0 radical (unpaired) electrons. The van der Waals surface area contributed by atoms with Gasteiger partial charge in [0.2, 0.25) is 5.91 Å². The van der Waals surface area contributed by atoms with Crippen LogP contribution in [0.1, 0.15) is 6.42 Å². The summed E-state index contributed by atoms with van der Waals surface area (Å²) >= 11 is 0. The molecule has 0 saturated carbocycles. The van der Waals surface area contributed by atoms with Crippen molar-refractivity contribution in [1.82, 2.24) is 15.5 Å². The Morgan fingerprint density at radius 1 is 1.25 bits per heavy atom. The fourth-order valence-electron chi connectivity index (χ4n) is 2.72. The standard InChI is InChI=1S/C16H19F6N5O/c1-23-15(25-9-4-5-27(7-9)8-16(20,21)22)24-6-12(28)26-11-3-2-10(17)13(18)14(11)19/h2-3,9H,4-8H2,1H3,(H,26,28)(H2,23,24,25). The van der Waals surface area contributed by atoms with Gasteiger partial charge in [-0.2, -0.15) is 13.2 Å². The molecule has 1 saturated heterocycles. The average molecular weight is 411 g/mol. The van der Waals surface area contributed by atoms with Crippen LogP contribution in [0.3, 0.4) is 0 Å². The third kappa shape index (κ3) is 6.29. The summed E-state index contributed by atoms with van der Waals surface area (Å²) in [4.78, 5) is 17.0. The van der Waals surface area contributed by atoms with Crippen LogP contribution in [0.4, 0.5) is 32.0 Å². The molecule has 1 aromatic rings. The van der Waals surface area contributed by atoms with Gasteiger partial charge in [-0.15, -0.1) is 0 Å². The van der Waals surface area contributed by atoms with Gasteiger partial charge in [0, 0.05) is 26.2 Å². The van der Waals surface area contributed by atoms with Crippen molar-refractivity contribution in [2.75, 3.05) is 38.5 Å². The zero-order valence-electron chi connectivity index (χ0n) is 14.8. The Morgan fingerprint density at radius 2 is 1.96 bits per heavy atom. The van der Waals surface area contributed by atoms with Gasteiger partial charge in [-0.25, -0.2) is 13.2 Å². The highest BCUT2D eigenvalue weighted by Gasteiger charge is 2.34. The minimum atomic E-state index is -4.28. The van der Waals surface area contributed by atoms with E-state index in [1.165, 1.54) is 11.9 Å². The largest absolute Gasteiger partial charge is 0.401 e. The van der Waals surface area contributed by atoms with Gasteiger partial charge in [0.25, 0.3) is 0 Å². The molecule has 1 amide bonds. The molecule has 156 valence electrons. The van der Waals surface area contributed by atoms with Crippen molar-refractivity contribution in [1.29, 1.82) is 0 Å².